The van der Waals surface area contributed by atoms with Crippen LogP contribution in [0.15, 0.2) is 24.3 Å². The average molecular weight is 272 g/mol. The van der Waals surface area contributed by atoms with Crippen molar-refractivity contribution >= 4 is 27.5 Å². The maximum absolute atomic E-state index is 11.4. The second-order valence-electron chi connectivity index (χ2n) is 3.24. The standard InChI is InChI=1S/C11H14BrNO2/c12-8-2-1-3-11(15)13-9-4-6-10(14)7-5-9/h4-7,14H,1-3,8H2,(H,13,15). The molecule has 1 amide bonds. The molecule has 0 aliphatic carbocycles. The van der Waals surface area contributed by atoms with Gasteiger partial charge in [-0.15, -0.1) is 0 Å². The lowest BCUT2D eigenvalue weighted by molar-refractivity contribution is -0.116. The van der Waals surface area contributed by atoms with Crippen molar-refractivity contribution in [2.24, 2.45) is 0 Å². The number of amides is 1. The molecule has 3 nitrogen and oxygen atoms in total. The predicted molar refractivity (Wildman–Crippen MR) is 64.4 cm³/mol. The molecule has 0 aliphatic heterocycles. The third-order valence-electron chi connectivity index (χ3n) is 1.94. The van der Waals surface area contributed by atoms with Crippen LogP contribution in [0, 0.1) is 0 Å². The van der Waals surface area contributed by atoms with Crippen LogP contribution in [0.3, 0.4) is 0 Å². The van der Waals surface area contributed by atoms with Crippen molar-refractivity contribution in [1.82, 2.24) is 0 Å². The lowest BCUT2D eigenvalue weighted by Crippen LogP contribution is -2.10. The van der Waals surface area contributed by atoms with Crippen LogP contribution >= 0.6 is 15.9 Å². The fraction of sp³-hybridized carbons (Fsp3) is 0.364. The lowest BCUT2D eigenvalue weighted by atomic mass is 10.2. The summed E-state index contributed by atoms with van der Waals surface area (Å²) in [7, 11) is 0. The minimum atomic E-state index is 0.0154. The Morgan fingerprint density at radius 3 is 2.53 bits per heavy atom. The van der Waals surface area contributed by atoms with Gasteiger partial charge in [-0.3, -0.25) is 4.79 Å². The number of phenols is 1. The second kappa shape index (κ2) is 6.45. The predicted octanol–water partition coefficient (Wildman–Crippen LogP) is 2.90. The number of alkyl halides is 1. The van der Waals surface area contributed by atoms with Gasteiger partial charge in [-0.25, -0.2) is 0 Å². The molecule has 0 saturated carbocycles. The van der Waals surface area contributed by atoms with Gasteiger partial charge in [0.15, 0.2) is 0 Å². The molecule has 0 saturated heterocycles. The van der Waals surface area contributed by atoms with E-state index in [0.717, 1.165) is 23.9 Å². The molecule has 15 heavy (non-hydrogen) atoms. The summed E-state index contributed by atoms with van der Waals surface area (Å²) < 4.78 is 0. The first-order valence-corrected chi connectivity index (χ1v) is 5.99. The Hall–Kier alpha value is -1.03. The number of phenolic OH excluding ortho intramolecular Hbond substituents is 1. The van der Waals surface area contributed by atoms with Crippen molar-refractivity contribution in [3.05, 3.63) is 24.3 Å². The molecule has 0 heterocycles. The fourth-order valence-corrected chi connectivity index (χ4v) is 1.54. The Balaban J connectivity index is 2.34. The van der Waals surface area contributed by atoms with Crippen LogP contribution in [0.1, 0.15) is 19.3 Å². The molecule has 0 fully saturated rings. The molecule has 0 atom stereocenters. The smallest absolute Gasteiger partial charge is 0.224 e. The Labute approximate surface area is 97.6 Å². The van der Waals surface area contributed by atoms with Gasteiger partial charge in [-0.2, -0.15) is 0 Å². The van der Waals surface area contributed by atoms with Gasteiger partial charge in [0.2, 0.25) is 5.91 Å². The zero-order valence-corrected chi connectivity index (χ0v) is 9.96. The van der Waals surface area contributed by atoms with E-state index in [1.165, 1.54) is 0 Å². The van der Waals surface area contributed by atoms with E-state index in [1.54, 1.807) is 24.3 Å². The van der Waals surface area contributed by atoms with Gasteiger partial charge in [-0.05, 0) is 37.1 Å². The molecule has 1 aromatic rings. The number of hydrogen-bond acceptors (Lipinski definition) is 2. The topological polar surface area (TPSA) is 49.3 Å². The first-order chi connectivity index (χ1) is 7.22. The van der Waals surface area contributed by atoms with Crippen molar-refractivity contribution in [3.8, 4) is 5.75 Å². The summed E-state index contributed by atoms with van der Waals surface area (Å²) in [6.45, 7) is 0. The van der Waals surface area contributed by atoms with Crippen LogP contribution in [0.5, 0.6) is 5.75 Å². The number of hydrogen-bond donors (Lipinski definition) is 2. The molecule has 0 aromatic heterocycles. The molecular formula is C11H14BrNO2. The van der Waals surface area contributed by atoms with E-state index in [1.807, 2.05) is 0 Å². The summed E-state index contributed by atoms with van der Waals surface area (Å²) in [6.07, 6.45) is 2.42. The second-order valence-corrected chi connectivity index (χ2v) is 4.03. The van der Waals surface area contributed by atoms with Crippen molar-refractivity contribution < 1.29 is 9.90 Å². The molecular weight excluding hydrogens is 258 g/mol. The molecule has 0 bridgehead atoms. The molecule has 4 heteroatoms. The van der Waals surface area contributed by atoms with Crippen molar-refractivity contribution in [2.75, 3.05) is 10.6 Å². The van der Waals surface area contributed by atoms with Gasteiger partial charge in [-0.1, -0.05) is 15.9 Å². The molecule has 82 valence electrons. The Morgan fingerprint density at radius 2 is 1.93 bits per heavy atom. The molecule has 0 spiro atoms. The molecule has 0 unspecified atom stereocenters. The molecule has 2 N–H and O–H groups in total. The molecule has 0 aliphatic rings. The highest BCUT2D eigenvalue weighted by Gasteiger charge is 2.01. The Kier molecular flexibility index (Phi) is 5.18. The minimum absolute atomic E-state index is 0.0154. The summed E-state index contributed by atoms with van der Waals surface area (Å²) in [5.41, 5.74) is 0.719. The van der Waals surface area contributed by atoms with E-state index in [4.69, 9.17) is 5.11 Å². The summed E-state index contributed by atoms with van der Waals surface area (Å²) in [6, 6.07) is 6.46. The van der Waals surface area contributed by atoms with Crippen LogP contribution in [0.4, 0.5) is 5.69 Å². The van der Waals surface area contributed by atoms with E-state index >= 15 is 0 Å². The highest BCUT2D eigenvalue weighted by molar-refractivity contribution is 9.09. The van der Waals surface area contributed by atoms with Crippen molar-refractivity contribution in [1.29, 1.82) is 0 Å². The van der Waals surface area contributed by atoms with Crippen molar-refractivity contribution in [3.63, 3.8) is 0 Å². The minimum Gasteiger partial charge on any atom is -0.508 e. The molecule has 0 radical (unpaired) electrons. The van der Waals surface area contributed by atoms with Crippen LogP contribution in [0.25, 0.3) is 0 Å². The van der Waals surface area contributed by atoms with E-state index in [0.29, 0.717) is 6.42 Å². The van der Waals surface area contributed by atoms with Gasteiger partial charge >= 0.3 is 0 Å². The van der Waals surface area contributed by atoms with Crippen molar-refractivity contribution in [2.45, 2.75) is 19.3 Å². The molecule has 1 rings (SSSR count). The van der Waals surface area contributed by atoms with E-state index in [-0.39, 0.29) is 11.7 Å². The first-order valence-electron chi connectivity index (χ1n) is 4.87. The highest BCUT2D eigenvalue weighted by Crippen LogP contribution is 2.14. The van der Waals surface area contributed by atoms with Gasteiger partial charge in [0, 0.05) is 17.4 Å². The zero-order valence-electron chi connectivity index (χ0n) is 8.37. The Bertz CT molecular complexity index is 311. The maximum Gasteiger partial charge on any atom is 0.224 e. The van der Waals surface area contributed by atoms with Crippen LogP contribution in [-0.2, 0) is 4.79 Å². The molecule has 1 aromatic carbocycles. The van der Waals surface area contributed by atoms with Crippen LogP contribution in [-0.4, -0.2) is 16.3 Å². The van der Waals surface area contributed by atoms with E-state index in [9.17, 15) is 4.79 Å². The number of anilines is 1. The number of nitrogens with one attached hydrogen (secondary N) is 1. The number of halogens is 1. The number of rotatable bonds is 5. The van der Waals surface area contributed by atoms with Gasteiger partial charge < -0.3 is 10.4 Å². The maximum atomic E-state index is 11.4. The fourth-order valence-electron chi connectivity index (χ4n) is 1.15. The third-order valence-corrected chi connectivity index (χ3v) is 2.50. The number of carbonyl (C=O) groups excluding carboxylic acids is 1. The van der Waals surface area contributed by atoms with E-state index < -0.39 is 0 Å². The van der Waals surface area contributed by atoms with Gasteiger partial charge in [0.05, 0.1) is 0 Å². The highest BCUT2D eigenvalue weighted by atomic mass is 79.9. The SMILES string of the molecule is O=C(CCCCBr)Nc1ccc(O)cc1. The largest absolute Gasteiger partial charge is 0.508 e. The number of aromatic hydroxyl groups is 1. The number of carbonyl (C=O) groups is 1. The zero-order chi connectivity index (χ0) is 11.1. The number of unbranched alkanes of at least 4 members (excludes halogenated alkanes) is 1. The van der Waals surface area contributed by atoms with Gasteiger partial charge in [0.25, 0.3) is 0 Å². The van der Waals surface area contributed by atoms with Gasteiger partial charge in [0.1, 0.15) is 5.75 Å². The first kappa shape index (κ1) is 12.0. The van der Waals surface area contributed by atoms with E-state index in [2.05, 4.69) is 21.2 Å². The quantitative estimate of drug-likeness (QED) is 0.492. The van der Waals surface area contributed by atoms with Crippen LogP contribution in [0.2, 0.25) is 0 Å². The average Bonchev–Trinajstić information content (AvgIpc) is 2.22. The lowest BCUT2D eigenvalue weighted by Gasteiger charge is -2.04. The number of benzene rings is 1. The normalized spacial score (nSPS) is 9.93. The monoisotopic (exact) mass is 271 g/mol. The summed E-state index contributed by atoms with van der Waals surface area (Å²) >= 11 is 3.31. The summed E-state index contributed by atoms with van der Waals surface area (Å²) in [4.78, 5) is 11.4. The third kappa shape index (κ3) is 4.83. The summed E-state index contributed by atoms with van der Waals surface area (Å²) in [5, 5.41) is 12.7. The Morgan fingerprint density at radius 1 is 1.27 bits per heavy atom. The summed E-state index contributed by atoms with van der Waals surface area (Å²) in [5.74, 6) is 0.217. The van der Waals surface area contributed by atoms with Crippen LogP contribution < -0.4 is 5.32 Å².